The second-order valence-corrected chi connectivity index (χ2v) is 8.94. The van der Waals surface area contributed by atoms with E-state index in [9.17, 15) is 10.1 Å². The number of nitrogens with zero attached hydrogens (tertiary/aromatic N) is 3. The summed E-state index contributed by atoms with van der Waals surface area (Å²) in [6.07, 6.45) is 4.53. The van der Waals surface area contributed by atoms with Crippen molar-refractivity contribution < 1.29 is 9.53 Å². The second-order valence-electron chi connectivity index (χ2n) is 7.88. The molecule has 6 nitrogen and oxygen atoms in total. The van der Waals surface area contributed by atoms with Crippen LogP contribution in [0.2, 0.25) is 0 Å². The van der Waals surface area contributed by atoms with Gasteiger partial charge in [-0.2, -0.15) is 5.26 Å². The van der Waals surface area contributed by atoms with Gasteiger partial charge in [0.25, 0.3) is 0 Å². The number of carbonyl (C=O) groups excluding carboxylic acids is 1. The summed E-state index contributed by atoms with van der Waals surface area (Å²) in [5.74, 6) is 0.584. The van der Waals surface area contributed by atoms with Crippen LogP contribution in [0.5, 0.6) is 5.75 Å². The summed E-state index contributed by atoms with van der Waals surface area (Å²) in [4.78, 5) is 11.0. The molecule has 31 heavy (non-hydrogen) atoms. The minimum Gasteiger partial charge on any atom is -0.490 e. The predicted octanol–water partition coefficient (Wildman–Crippen LogP) is 4.58. The number of hydrogen-bond acceptors (Lipinski definition) is 6. The number of nitrogens with one attached hydrogen (secondary N) is 1. The molecule has 1 amide bonds. The van der Waals surface area contributed by atoms with Gasteiger partial charge < -0.3 is 10.1 Å². The van der Waals surface area contributed by atoms with E-state index >= 15 is 0 Å². The molecular formula is C24H24N4O2S. The van der Waals surface area contributed by atoms with Crippen LogP contribution in [0.4, 0.5) is 0 Å². The molecule has 158 valence electrons. The molecule has 1 heterocycles. The molecule has 0 saturated heterocycles. The fourth-order valence-electron chi connectivity index (χ4n) is 4.06. The van der Waals surface area contributed by atoms with Gasteiger partial charge in [-0.1, -0.05) is 29.5 Å². The van der Waals surface area contributed by atoms with Crippen molar-refractivity contribution in [1.82, 2.24) is 15.5 Å². The molecule has 1 aliphatic rings. The van der Waals surface area contributed by atoms with E-state index in [1.54, 1.807) is 0 Å². The molecule has 0 fully saturated rings. The molecule has 7 heteroatoms. The van der Waals surface area contributed by atoms with Crippen molar-refractivity contribution >= 4 is 17.7 Å². The molecule has 0 radical (unpaired) electrons. The molecule has 0 aliphatic heterocycles. The lowest BCUT2D eigenvalue weighted by Crippen LogP contribution is -2.24. The Balaban J connectivity index is 1.58. The van der Waals surface area contributed by atoms with Gasteiger partial charge in [-0.15, -0.1) is 10.2 Å². The average Bonchev–Trinajstić information content (AvgIpc) is 3.23. The second kappa shape index (κ2) is 9.27. The summed E-state index contributed by atoms with van der Waals surface area (Å²) >= 11 is 1.54. The highest BCUT2D eigenvalue weighted by atomic mass is 32.1. The van der Waals surface area contributed by atoms with Crippen LogP contribution >= 0.6 is 11.3 Å². The highest BCUT2D eigenvalue weighted by molar-refractivity contribution is 7.14. The van der Waals surface area contributed by atoms with Crippen LogP contribution in [-0.2, 0) is 17.6 Å². The number of ether oxygens (including phenoxy) is 1. The van der Waals surface area contributed by atoms with Gasteiger partial charge in [-0.05, 0) is 68.0 Å². The summed E-state index contributed by atoms with van der Waals surface area (Å²) in [5.41, 5.74) is 5.11. The van der Waals surface area contributed by atoms with E-state index in [2.05, 4.69) is 33.7 Å². The van der Waals surface area contributed by atoms with Crippen molar-refractivity contribution in [2.24, 2.45) is 0 Å². The summed E-state index contributed by atoms with van der Waals surface area (Å²) in [6, 6.07) is 14.1. The molecule has 0 spiro atoms. The summed E-state index contributed by atoms with van der Waals surface area (Å²) in [6.45, 7) is 3.87. The number of carbonyl (C=O) groups is 1. The van der Waals surface area contributed by atoms with Gasteiger partial charge in [0.1, 0.15) is 21.8 Å². The average molecular weight is 433 g/mol. The van der Waals surface area contributed by atoms with Crippen LogP contribution in [0.15, 0.2) is 36.4 Å². The third kappa shape index (κ3) is 4.59. The van der Waals surface area contributed by atoms with Crippen molar-refractivity contribution in [2.45, 2.75) is 51.7 Å². The van der Waals surface area contributed by atoms with Crippen LogP contribution in [0, 0.1) is 11.3 Å². The van der Waals surface area contributed by atoms with Crippen molar-refractivity contribution in [3.8, 4) is 22.4 Å². The number of hydrogen-bond donors (Lipinski definition) is 1. The fraction of sp³-hybridized carbons (Fsp3) is 0.333. The first-order valence-electron chi connectivity index (χ1n) is 10.4. The minimum absolute atomic E-state index is 0.00390. The van der Waals surface area contributed by atoms with Gasteiger partial charge in [0, 0.05) is 12.0 Å². The Kier molecular flexibility index (Phi) is 6.28. The van der Waals surface area contributed by atoms with Crippen LogP contribution in [0.25, 0.3) is 10.6 Å². The molecule has 3 aromatic rings. The van der Waals surface area contributed by atoms with Gasteiger partial charge in [-0.25, -0.2) is 0 Å². The lowest BCUT2D eigenvalue weighted by molar-refractivity contribution is -0.110. The lowest BCUT2D eigenvalue weighted by Gasteiger charge is -2.26. The van der Waals surface area contributed by atoms with E-state index in [4.69, 9.17) is 4.74 Å². The molecule has 2 aromatic carbocycles. The molecular weight excluding hydrogens is 408 g/mol. The van der Waals surface area contributed by atoms with Gasteiger partial charge in [-0.3, -0.25) is 4.79 Å². The Bertz CT molecular complexity index is 1130. The Morgan fingerprint density at radius 3 is 2.97 bits per heavy atom. The first-order chi connectivity index (χ1) is 15.1. The van der Waals surface area contributed by atoms with E-state index in [1.165, 1.54) is 28.0 Å². The zero-order valence-corrected chi connectivity index (χ0v) is 18.4. The van der Waals surface area contributed by atoms with Crippen molar-refractivity contribution in [3.63, 3.8) is 0 Å². The van der Waals surface area contributed by atoms with Gasteiger partial charge >= 0.3 is 0 Å². The first-order valence-corrected chi connectivity index (χ1v) is 11.2. The van der Waals surface area contributed by atoms with Gasteiger partial charge in [0.15, 0.2) is 0 Å². The molecule has 1 aliphatic carbocycles. The first kappa shape index (κ1) is 21.0. The van der Waals surface area contributed by atoms with E-state index in [1.807, 2.05) is 38.1 Å². The standard InChI is InChI=1S/C24H24N4O2S/c1-15(2)30-22-10-9-17(11-18(22)13-25)24-28-27-23(31-24)12-16-5-3-7-20-19(16)6-4-8-21(20)26-14-29/h3,5,7,9-11,14-15,21H,4,6,8,12H2,1-2H3,(H,26,29)/t21-/m0/s1. The lowest BCUT2D eigenvalue weighted by atomic mass is 9.84. The van der Waals surface area contributed by atoms with Gasteiger partial charge in [0.05, 0.1) is 17.7 Å². The minimum atomic E-state index is 0.00390. The van der Waals surface area contributed by atoms with E-state index in [-0.39, 0.29) is 12.1 Å². The number of rotatable bonds is 7. The Morgan fingerprint density at radius 1 is 1.32 bits per heavy atom. The summed E-state index contributed by atoms with van der Waals surface area (Å²) < 4.78 is 5.71. The Hall–Kier alpha value is -3.24. The molecule has 0 saturated carbocycles. The quantitative estimate of drug-likeness (QED) is 0.552. The zero-order valence-electron chi connectivity index (χ0n) is 17.6. The fourth-order valence-corrected chi connectivity index (χ4v) is 4.92. The molecule has 4 rings (SSSR count). The van der Waals surface area contributed by atoms with Crippen LogP contribution in [0.1, 0.15) is 60.0 Å². The smallest absolute Gasteiger partial charge is 0.207 e. The number of nitriles is 1. The van der Waals surface area contributed by atoms with Crippen molar-refractivity contribution in [1.29, 1.82) is 5.26 Å². The third-order valence-electron chi connectivity index (χ3n) is 5.39. The zero-order chi connectivity index (χ0) is 21.8. The number of aromatic nitrogens is 2. The summed E-state index contributed by atoms with van der Waals surface area (Å²) in [5, 5.41) is 22.9. The normalized spacial score (nSPS) is 15.2. The SMILES string of the molecule is CC(C)Oc1ccc(-c2nnc(Cc3cccc4c3CCC[C@@H]4NC=O)s2)cc1C#N. The molecule has 0 bridgehead atoms. The number of fused-ring (bicyclic) bond motifs is 1. The number of amides is 1. The van der Waals surface area contributed by atoms with E-state index < -0.39 is 0 Å². The molecule has 0 unspecified atom stereocenters. The predicted molar refractivity (Wildman–Crippen MR) is 120 cm³/mol. The van der Waals surface area contributed by atoms with E-state index in [0.29, 0.717) is 17.7 Å². The van der Waals surface area contributed by atoms with Crippen molar-refractivity contribution in [2.75, 3.05) is 0 Å². The largest absolute Gasteiger partial charge is 0.490 e. The third-order valence-corrected chi connectivity index (χ3v) is 6.36. The van der Waals surface area contributed by atoms with Crippen molar-refractivity contribution in [3.05, 3.63) is 63.7 Å². The highest BCUT2D eigenvalue weighted by Crippen LogP contribution is 2.34. The molecule has 1 N–H and O–H groups in total. The van der Waals surface area contributed by atoms with Gasteiger partial charge in [0.2, 0.25) is 6.41 Å². The monoisotopic (exact) mass is 432 g/mol. The van der Waals surface area contributed by atoms with Crippen LogP contribution in [0.3, 0.4) is 0 Å². The summed E-state index contributed by atoms with van der Waals surface area (Å²) in [7, 11) is 0. The molecule has 1 aromatic heterocycles. The van der Waals surface area contributed by atoms with Crippen LogP contribution in [-0.4, -0.2) is 22.7 Å². The topological polar surface area (TPSA) is 87.9 Å². The maximum atomic E-state index is 11.0. The highest BCUT2D eigenvalue weighted by Gasteiger charge is 2.22. The van der Waals surface area contributed by atoms with E-state index in [0.717, 1.165) is 41.3 Å². The Morgan fingerprint density at radius 2 is 2.19 bits per heavy atom. The molecule has 1 atom stereocenters. The number of benzene rings is 2. The maximum absolute atomic E-state index is 11.0. The maximum Gasteiger partial charge on any atom is 0.207 e. The van der Waals surface area contributed by atoms with Crippen LogP contribution < -0.4 is 10.1 Å². The Labute approximate surface area is 185 Å².